The maximum Gasteiger partial charge on any atom is 0.241 e. The number of methoxy groups -OCH3 is 1. The van der Waals surface area contributed by atoms with Crippen molar-refractivity contribution in [3.05, 3.63) is 57.6 Å². The average molecular weight is 375 g/mol. The van der Waals surface area contributed by atoms with Gasteiger partial charge in [-0.1, -0.05) is 29.3 Å². The summed E-state index contributed by atoms with van der Waals surface area (Å²) in [6.07, 6.45) is 0. The lowest BCUT2D eigenvalue weighted by atomic mass is 10.0. The average Bonchev–Trinajstić information content (AvgIpc) is 2.57. The topological polar surface area (TPSA) is 41.6 Å². The first kappa shape index (κ1) is 20.3. The summed E-state index contributed by atoms with van der Waals surface area (Å²) in [7, 11) is 3.55. The molecule has 0 saturated carbocycles. The summed E-state index contributed by atoms with van der Waals surface area (Å²) in [4.78, 5) is 14.7. The first-order valence-corrected chi connectivity index (χ1v) is 9.02. The van der Waals surface area contributed by atoms with Crippen LogP contribution < -0.4 is 10.1 Å². The van der Waals surface area contributed by atoms with Crippen LogP contribution in [-0.4, -0.2) is 31.0 Å². The number of ether oxygens (including phenoxy) is 1. The Kier molecular flexibility index (Phi) is 6.68. The summed E-state index contributed by atoms with van der Waals surface area (Å²) >= 11 is 6.10. The Morgan fingerprint density at radius 1 is 1.19 bits per heavy atom. The summed E-state index contributed by atoms with van der Waals surface area (Å²) in [6.45, 7) is 8.54. The zero-order chi connectivity index (χ0) is 19.4. The van der Waals surface area contributed by atoms with Gasteiger partial charge in [-0.25, -0.2) is 0 Å². The molecule has 5 heteroatoms. The summed E-state index contributed by atoms with van der Waals surface area (Å²) in [5, 5.41) is 3.72. The Bertz CT molecular complexity index is 782. The minimum atomic E-state index is -0.307. The highest BCUT2D eigenvalue weighted by Gasteiger charge is 2.21. The predicted octanol–water partition coefficient (Wildman–Crippen LogP) is 4.73. The molecule has 0 aliphatic carbocycles. The van der Waals surface area contributed by atoms with Crippen LogP contribution in [0.25, 0.3) is 0 Å². The Morgan fingerprint density at radius 2 is 1.81 bits per heavy atom. The van der Waals surface area contributed by atoms with E-state index in [0.717, 1.165) is 28.1 Å². The third-order valence-corrected chi connectivity index (χ3v) is 4.86. The number of hydrogen-bond acceptors (Lipinski definition) is 3. The second-order valence-electron chi connectivity index (χ2n) is 6.81. The molecule has 140 valence electrons. The van der Waals surface area contributed by atoms with Crippen molar-refractivity contribution in [2.24, 2.45) is 0 Å². The number of nitrogens with zero attached hydrogens (tertiary/aromatic N) is 1. The number of carbonyl (C=O) groups is 1. The van der Waals surface area contributed by atoms with E-state index in [2.05, 4.69) is 24.4 Å². The van der Waals surface area contributed by atoms with E-state index in [1.807, 2.05) is 44.9 Å². The maximum atomic E-state index is 12.7. The molecule has 0 unspecified atom stereocenters. The van der Waals surface area contributed by atoms with Crippen molar-refractivity contribution in [2.45, 2.75) is 40.3 Å². The van der Waals surface area contributed by atoms with E-state index in [9.17, 15) is 4.79 Å². The van der Waals surface area contributed by atoms with Gasteiger partial charge < -0.3 is 10.1 Å². The molecule has 0 saturated heterocycles. The van der Waals surface area contributed by atoms with Gasteiger partial charge in [0.1, 0.15) is 5.75 Å². The van der Waals surface area contributed by atoms with Gasteiger partial charge in [-0.3, -0.25) is 9.69 Å². The lowest BCUT2D eigenvalue weighted by Gasteiger charge is -2.25. The zero-order valence-corrected chi connectivity index (χ0v) is 17.1. The van der Waals surface area contributed by atoms with Gasteiger partial charge in [-0.05, 0) is 64.1 Å². The molecule has 0 aliphatic rings. The molecular weight excluding hydrogens is 348 g/mol. The smallest absolute Gasteiger partial charge is 0.241 e. The van der Waals surface area contributed by atoms with Crippen molar-refractivity contribution in [1.29, 1.82) is 0 Å². The summed E-state index contributed by atoms with van der Waals surface area (Å²) in [6, 6.07) is 9.36. The van der Waals surface area contributed by atoms with Crippen LogP contribution in [0.2, 0.25) is 5.02 Å². The number of anilines is 1. The van der Waals surface area contributed by atoms with E-state index < -0.39 is 0 Å². The summed E-state index contributed by atoms with van der Waals surface area (Å²) in [5.74, 6) is 0.725. The third kappa shape index (κ3) is 4.77. The van der Waals surface area contributed by atoms with E-state index in [-0.39, 0.29) is 11.9 Å². The molecule has 1 amide bonds. The Morgan fingerprint density at radius 3 is 2.38 bits per heavy atom. The molecule has 1 N–H and O–H groups in total. The molecule has 2 rings (SSSR count). The molecule has 4 nitrogen and oxygen atoms in total. The minimum Gasteiger partial charge on any atom is -0.496 e. The van der Waals surface area contributed by atoms with Crippen LogP contribution in [-0.2, 0) is 11.3 Å². The van der Waals surface area contributed by atoms with E-state index in [4.69, 9.17) is 16.3 Å². The normalized spacial score (nSPS) is 12.2. The number of amides is 1. The molecule has 2 aromatic rings. The highest BCUT2D eigenvalue weighted by molar-refractivity contribution is 6.30. The summed E-state index contributed by atoms with van der Waals surface area (Å²) < 4.78 is 5.39. The molecule has 0 bridgehead atoms. The standard InChI is InChI=1S/C21H27ClN2O2/c1-13-9-14(2)20(15(3)10-13)23-21(25)16(4)24(5)12-17-11-18(22)7-8-19(17)26-6/h7-11,16H,12H2,1-6H3,(H,23,25)/t16-/m1/s1. The first-order chi connectivity index (χ1) is 12.2. The second-order valence-corrected chi connectivity index (χ2v) is 7.25. The third-order valence-electron chi connectivity index (χ3n) is 4.63. The number of likely N-dealkylation sites (N-methyl/N-ethyl adjacent to an activating group) is 1. The monoisotopic (exact) mass is 374 g/mol. The molecule has 0 fully saturated rings. The van der Waals surface area contributed by atoms with Gasteiger partial charge >= 0.3 is 0 Å². The molecule has 0 heterocycles. The number of aryl methyl sites for hydroxylation is 3. The van der Waals surface area contributed by atoms with Crippen LogP contribution in [0.3, 0.4) is 0 Å². The molecule has 26 heavy (non-hydrogen) atoms. The second kappa shape index (κ2) is 8.56. The van der Waals surface area contributed by atoms with Gasteiger partial charge in [0.15, 0.2) is 0 Å². The van der Waals surface area contributed by atoms with Crippen molar-refractivity contribution >= 4 is 23.2 Å². The largest absolute Gasteiger partial charge is 0.496 e. The van der Waals surface area contributed by atoms with E-state index >= 15 is 0 Å². The fourth-order valence-corrected chi connectivity index (χ4v) is 3.28. The van der Waals surface area contributed by atoms with Gasteiger partial charge in [0, 0.05) is 22.8 Å². The van der Waals surface area contributed by atoms with Crippen LogP contribution in [0.4, 0.5) is 5.69 Å². The highest BCUT2D eigenvalue weighted by Crippen LogP contribution is 2.25. The van der Waals surface area contributed by atoms with Gasteiger partial charge in [0.05, 0.1) is 13.2 Å². The summed E-state index contributed by atoms with van der Waals surface area (Å²) in [5.41, 5.74) is 5.17. The Hall–Kier alpha value is -2.04. The van der Waals surface area contributed by atoms with Crippen molar-refractivity contribution in [3.8, 4) is 5.75 Å². The molecule has 0 aromatic heterocycles. The Labute approximate surface area is 161 Å². The van der Waals surface area contributed by atoms with Crippen LogP contribution in [0.5, 0.6) is 5.75 Å². The van der Waals surface area contributed by atoms with Gasteiger partial charge in [0.2, 0.25) is 5.91 Å². The van der Waals surface area contributed by atoms with Gasteiger partial charge in [-0.15, -0.1) is 0 Å². The van der Waals surface area contributed by atoms with E-state index in [1.54, 1.807) is 13.2 Å². The maximum absolute atomic E-state index is 12.7. The van der Waals surface area contributed by atoms with Crippen LogP contribution in [0.1, 0.15) is 29.2 Å². The van der Waals surface area contributed by atoms with Crippen molar-refractivity contribution in [2.75, 3.05) is 19.5 Å². The molecule has 0 aliphatic heterocycles. The predicted molar refractivity (Wildman–Crippen MR) is 108 cm³/mol. The fraction of sp³-hybridized carbons (Fsp3) is 0.381. The number of hydrogen-bond donors (Lipinski definition) is 1. The van der Waals surface area contributed by atoms with E-state index in [0.29, 0.717) is 11.6 Å². The molecule has 1 atom stereocenters. The minimum absolute atomic E-state index is 0.0384. The number of carbonyl (C=O) groups excluding carboxylic acids is 1. The number of rotatable bonds is 6. The zero-order valence-electron chi connectivity index (χ0n) is 16.3. The van der Waals surface area contributed by atoms with Crippen molar-refractivity contribution in [1.82, 2.24) is 4.90 Å². The van der Waals surface area contributed by atoms with Crippen LogP contribution in [0.15, 0.2) is 30.3 Å². The first-order valence-electron chi connectivity index (χ1n) is 8.64. The molecular formula is C21H27ClN2O2. The fourth-order valence-electron chi connectivity index (χ4n) is 3.08. The lowest BCUT2D eigenvalue weighted by molar-refractivity contribution is -0.120. The SMILES string of the molecule is COc1ccc(Cl)cc1CN(C)[C@H](C)C(=O)Nc1c(C)cc(C)cc1C. The molecule has 0 radical (unpaired) electrons. The van der Waals surface area contributed by atoms with E-state index in [1.165, 1.54) is 5.56 Å². The van der Waals surface area contributed by atoms with Crippen LogP contribution >= 0.6 is 11.6 Å². The van der Waals surface area contributed by atoms with Crippen molar-refractivity contribution < 1.29 is 9.53 Å². The molecule has 2 aromatic carbocycles. The van der Waals surface area contributed by atoms with Gasteiger partial charge in [0.25, 0.3) is 0 Å². The van der Waals surface area contributed by atoms with Crippen molar-refractivity contribution in [3.63, 3.8) is 0 Å². The highest BCUT2D eigenvalue weighted by atomic mass is 35.5. The quantitative estimate of drug-likeness (QED) is 0.794. The number of benzene rings is 2. The number of halogens is 1. The Balaban J connectivity index is 2.12. The number of nitrogens with one attached hydrogen (secondary N) is 1. The van der Waals surface area contributed by atoms with Gasteiger partial charge in [-0.2, -0.15) is 0 Å². The molecule has 0 spiro atoms. The van der Waals surface area contributed by atoms with Crippen LogP contribution in [0, 0.1) is 20.8 Å². The lowest BCUT2D eigenvalue weighted by Crippen LogP contribution is -2.39.